The SMILES string of the molecule is CCOC(=O)CN(Cc1ccccc1)C(=O)C(CC(C)C)NC(=O)OC(C)(C)C. The van der Waals surface area contributed by atoms with Gasteiger partial charge in [0.15, 0.2) is 0 Å². The second-order valence-corrected chi connectivity index (χ2v) is 8.31. The van der Waals surface area contributed by atoms with Gasteiger partial charge in [0, 0.05) is 6.54 Å². The number of nitrogens with zero attached hydrogens (tertiary/aromatic N) is 1. The molecule has 0 saturated heterocycles. The van der Waals surface area contributed by atoms with Crippen molar-refractivity contribution in [2.45, 2.75) is 66.2 Å². The minimum Gasteiger partial charge on any atom is -0.465 e. The maximum atomic E-state index is 13.3. The number of esters is 1. The standard InChI is InChI=1S/C22H34N2O5/c1-7-28-19(25)15-24(14-17-11-9-8-10-12-17)20(26)18(13-16(2)3)23-21(27)29-22(4,5)6/h8-12,16,18H,7,13-15H2,1-6H3,(H,23,27). The van der Waals surface area contributed by atoms with E-state index >= 15 is 0 Å². The molecule has 1 atom stereocenters. The van der Waals surface area contributed by atoms with Crippen molar-refractivity contribution in [3.05, 3.63) is 35.9 Å². The molecule has 1 aromatic rings. The van der Waals surface area contributed by atoms with Gasteiger partial charge in [0.1, 0.15) is 18.2 Å². The molecule has 0 aliphatic rings. The van der Waals surface area contributed by atoms with Crippen LogP contribution >= 0.6 is 0 Å². The number of hydrogen-bond acceptors (Lipinski definition) is 5. The van der Waals surface area contributed by atoms with Gasteiger partial charge < -0.3 is 19.7 Å². The van der Waals surface area contributed by atoms with Crippen LogP contribution in [0, 0.1) is 5.92 Å². The molecule has 162 valence electrons. The fourth-order valence-electron chi connectivity index (χ4n) is 2.74. The molecule has 0 bridgehead atoms. The van der Waals surface area contributed by atoms with Gasteiger partial charge in [0.05, 0.1) is 6.61 Å². The molecule has 0 spiro atoms. The van der Waals surface area contributed by atoms with E-state index in [1.54, 1.807) is 27.7 Å². The zero-order chi connectivity index (χ0) is 22.0. The summed E-state index contributed by atoms with van der Waals surface area (Å²) in [5, 5.41) is 2.67. The highest BCUT2D eigenvalue weighted by Crippen LogP contribution is 2.14. The van der Waals surface area contributed by atoms with Gasteiger partial charge in [0.25, 0.3) is 0 Å². The van der Waals surface area contributed by atoms with E-state index in [4.69, 9.17) is 9.47 Å². The minimum absolute atomic E-state index is 0.153. The molecule has 7 nitrogen and oxygen atoms in total. The largest absolute Gasteiger partial charge is 0.465 e. The van der Waals surface area contributed by atoms with Crippen molar-refractivity contribution in [1.29, 1.82) is 0 Å². The number of carbonyl (C=O) groups is 3. The van der Waals surface area contributed by atoms with E-state index in [1.165, 1.54) is 4.90 Å². The van der Waals surface area contributed by atoms with Crippen LogP contribution in [-0.2, 0) is 25.6 Å². The Morgan fingerprint density at radius 1 is 1.10 bits per heavy atom. The number of rotatable bonds is 9. The van der Waals surface area contributed by atoms with Crippen LogP contribution in [0.15, 0.2) is 30.3 Å². The predicted molar refractivity (Wildman–Crippen MR) is 111 cm³/mol. The summed E-state index contributed by atoms with van der Waals surface area (Å²) in [6.45, 7) is 11.2. The third-order valence-electron chi connectivity index (χ3n) is 3.85. The maximum absolute atomic E-state index is 13.3. The van der Waals surface area contributed by atoms with Crippen molar-refractivity contribution in [3.8, 4) is 0 Å². The Morgan fingerprint density at radius 2 is 1.72 bits per heavy atom. The van der Waals surface area contributed by atoms with Gasteiger partial charge in [-0.25, -0.2) is 4.79 Å². The van der Waals surface area contributed by atoms with Gasteiger partial charge in [-0.05, 0) is 45.6 Å². The molecular weight excluding hydrogens is 372 g/mol. The van der Waals surface area contributed by atoms with Gasteiger partial charge >= 0.3 is 12.1 Å². The Bertz CT molecular complexity index is 668. The lowest BCUT2D eigenvalue weighted by atomic mass is 10.0. The van der Waals surface area contributed by atoms with Crippen LogP contribution in [0.5, 0.6) is 0 Å². The maximum Gasteiger partial charge on any atom is 0.408 e. The molecule has 0 radical (unpaired) electrons. The van der Waals surface area contributed by atoms with Crippen molar-refractivity contribution in [2.75, 3.05) is 13.2 Å². The van der Waals surface area contributed by atoms with E-state index in [0.29, 0.717) is 6.42 Å². The number of benzene rings is 1. The molecule has 0 heterocycles. The molecule has 1 aromatic carbocycles. The normalized spacial score (nSPS) is 12.2. The molecule has 0 aliphatic carbocycles. The monoisotopic (exact) mass is 406 g/mol. The summed E-state index contributed by atoms with van der Waals surface area (Å²) >= 11 is 0. The summed E-state index contributed by atoms with van der Waals surface area (Å²) < 4.78 is 10.3. The summed E-state index contributed by atoms with van der Waals surface area (Å²) in [7, 11) is 0. The predicted octanol–water partition coefficient (Wildman–Crippen LogP) is 3.52. The van der Waals surface area contributed by atoms with Crippen LogP contribution in [-0.4, -0.2) is 47.7 Å². The summed E-state index contributed by atoms with van der Waals surface area (Å²) in [5.41, 5.74) is 0.204. The Hall–Kier alpha value is -2.57. The molecule has 0 saturated carbocycles. The van der Waals surface area contributed by atoms with E-state index in [1.807, 2.05) is 44.2 Å². The highest BCUT2D eigenvalue weighted by molar-refractivity contribution is 5.88. The average molecular weight is 407 g/mol. The number of amides is 2. The van der Waals surface area contributed by atoms with Crippen molar-refractivity contribution < 1.29 is 23.9 Å². The lowest BCUT2D eigenvalue weighted by molar-refractivity contribution is -0.150. The fourth-order valence-corrected chi connectivity index (χ4v) is 2.74. The van der Waals surface area contributed by atoms with E-state index in [9.17, 15) is 14.4 Å². The first kappa shape index (κ1) is 24.5. The molecule has 1 N–H and O–H groups in total. The molecule has 1 rings (SSSR count). The van der Waals surface area contributed by atoms with Crippen LogP contribution in [0.3, 0.4) is 0 Å². The van der Waals surface area contributed by atoms with Gasteiger partial charge in [-0.15, -0.1) is 0 Å². The van der Waals surface area contributed by atoms with Gasteiger partial charge in [-0.1, -0.05) is 44.2 Å². The van der Waals surface area contributed by atoms with Crippen LogP contribution < -0.4 is 5.32 Å². The molecule has 0 aromatic heterocycles. The van der Waals surface area contributed by atoms with Crippen LogP contribution in [0.4, 0.5) is 4.79 Å². The quantitative estimate of drug-likeness (QED) is 0.634. The number of hydrogen-bond donors (Lipinski definition) is 1. The molecule has 0 fully saturated rings. The second kappa shape index (κ2) is 11.4. The summed E-state index contributed by atoms with van der Waals surface area (Å²) in [6.07, 6.45) is -0.237. The molecule has 1 unspecified atom stereocenters. The first-order valence-electron chi connectivity index (χ1n) is 9.99. The van der Waals surface area contributed by atoms with E-state index in [0.717, 1.165) is 5.56 Å². The molecule has 7 heteroatoms. The third-order valence-corrected chi connectivity index (χ3v) is 3.85. The highest BCUT2D eigenvalue weighted by atomic mass is 16.6. The van der Waals surface area contributed by atoms with Crippen LogP contribution in [0.25, 0.3) is 0 Å². The van der Waals surface area contributed by atoms with Gasteiger partial charge in [-0.3, -0.25) is 9.59 Å². The van der Waals surface area contributed by atoms with Crippen molar-refractivity contribution >= 4 is 18.0 Å². The third kappa shape index (κ3) is 9.96. The van der Waals surface area contributed by atoms with Crippen molar-refractivity contribution in [1.82, 2.24) is 10.2 Å². The first-order valence-corrected chi connectivity index (χ1v) is 9.99. The molecule has 29 heavy (non-hydrogen) atoms. The van der Waals surface area contributed by atoms with Gasteiger partial charge in [-0.2, -0.15) is 0 Å². The van der Waals surface area contributed by atoms with E-state index in [2.05, 4.69) is 5.32 Å². The zero-order valence-electron chi connectivity index (χ0n) is 18.4. The Labute approximate surface area is 173 Å². The number of nitrogens with one attached hydrogen (secondary N) is 1. The van der Waals surface area contributed by atoms with Crippen LogP contribution in [0.1, 0.15) is 53.5 Å². The fraction of sp³-hybridized carbons (Fsp3) is 0.591. The molecular formula is C22H34N2O5. The van der Waals surface area contributed by atoms with Crippen LogP contribution in [0.2, 0.25) is 0 Å². The van der Waals surface area contributed by atoms with E-state index in [-0.39, 0.29) is 31.5 Å². The Morgan fingerprint density at radius 3 is 2.24 bits per heavy atom. The number of carbonyl (C=O) groups excluding carboxylic acids is 3. The summed E-state index contributed by atoms with van der Waals surface area (Å²) in [4.78, 5) is 39.0. The number of alkyl carbamates (subject to hydrolysis) is 1. The summed E-state index contributed by atoms with van der Waals surface area (Å²) in [6, 6.07) is 8.57. The zero-order valence-corrected chi connectivity index (χ0v) is 18.4. The summed E-state index contributed by atoms with van der Waals surface area (Å²) in [5.74, 6) is -0.682. The lowest BCUT2D eigenvalue weighted by Crippen LogP contribution is -2.51. The van der Waals surface area contributed by atoms with Crippen molar-refractivity contribution in [2.24, 2.45) is 5.92 Å². The topological polar surface area (TPSA) is 84.9 Å². The van der Waals surface area contributed by atoms with E-state index < -0.39 is 23.7 Å². The lowest BCUT2D eigenvalue weighted by Gasteiger charge is -2.29. The second-order valence-electron chi connectivity index (χ2n) is 8.31. The average Bonchev–Trinajstić information content (AvgIpc) is 2.59. The smallest absolute Gasteiger partial charge is 0.408 e. The molecule has 2 amide bonds. The van der Waals surface area contributed by atoms with Gasteiger partial charge in [0.2, 0.25) is 5.91 Å². The Balaban J connectivity index is 3.03. The first-order chi connectivity index (χ1) is 13.5. The highest BCUT2D eigenvalue weighted by Gasteiger charge is 2.30. The van der Waals surface area contributed by atoms with Crippen molar-refractivity contribution in [3.63, 3.8) is 0 Å². The Kier molecular flexibility index (Phi) is 9.65. The minimum atomic E-state index is -0.803. The molecule has 0 aliphatic heterocycles. The number of ether oxygens (including phenoxy) is 2.